The number of fused-ring (bicyclic) bond motifs is 6. The van der Waals surface area contributed by atoms with Crippen LogP contribution in [-0.4, -0.2) is 19.2 Å². The van der Waals surface area contributed by atoms with Crippen molar-refractivity contribution in [2.75, 3.05) is 0 Å². The van der Waals surface area contributed by atoms with E-state index in [9.17, 15) is 0 Å². The molecule has 0 radical (unpaired) electrons. The molecule has 4 nitrogen and oxygen atoms in total. The van der Waals surface area contributed by atoms with Crippen LogP contribution in [-0.2, 0) is 5.41 Å². The lowest BCUT2D eigenvalue weighted by atomic mass is 9.82. The van der Waals surface area contributed by atoms with Crippen molar-refractivity contribution < 1.29 is 0 Å². The smallest absolute Gasteiger partial charge is 0.168 e. The van der Waals surface area contributed by atoms with Crippen molar-refractivity contribution in [3.05, 3.63) is 109 Å². The normalized spacial score (nSPS) is 18.5. The van der Waals surface area contributed by atoms with E-state index in [1.54, 1.807) is 0 Å². The van der Waals surface area contributed by atoms with Crippen LogP contribution in [0.15, 0.2) is 103 Å². The first-order chi connectivity index (χ1) is 16.2. The maximum absolute atomic E-state index is 4.65. The first-order valence-corrected chi connectivity index (χ1v) is 11.3. The lowest BCUT2D eigenvalue weighted by molar-refractivity contribution is 0.549. The molecule has 0 spiro atoms. The fourth-order valence-electron chi connectivity index (χ4n) is 5.26. The van der Waals surface area contributed by atoms with Gasteiger partial charge in [0.05, 0.1) is 11.0 Å². The fraction of sp³-hybridized carbons (Fsp3) is 0.103. The molecule has 0 saturated heterocycles. The molecule has 6 aromatic rings. The highest BCUT2D eigenvalue weighted by Gasteiger charge is 2.31. The van der Waals surface area contributed by atoms with E-state index < -0.39 is 0 Å². The first-order valence-electron chi connectivity index (χ1n) is 11.3. The number of hydrogen-bond acceptors (Lipinski definition) is 2. The van der Waals surface area contributed by atoms with E-state index in [1.165, 1.54) is 32.9 Å². The summed E-state index contributed by atoms with van der Waals surface area (Å²) >= 11 is 0. The van der Waals surface area contributed by atoms with Gasteiger partial charge in [0.15, 0.2) is 5.65 Å². The van der Waals surface area contributed by atoms with E-state index in [1.807, 2.05) is 0 Å². The number of hydrogen-bond donors (Lipinski definition) is 0. The van der Waals surface area contributed by atoms with Crippen LogP contribution in [0.3, 0.4) is 0 Å². The summed E-state index contributed by atoms with van der Waals surface area (Å²) < 4.78 is 4.52. The van der Waals surface area contributed by atoms with Gasteiger partial charge in [-0.1, -0.05) is 72.8 Å². The Balaban J connectivity index is 1.35. The van der Waals surface area contributed by atoms with Crippen molar-refractivity contribution in [2.45, 2.75) is 18.8 Å². The molecular formula is C29H22N4. The summed E-state index contributed by atoms with van der Waals surface area (Å²) in [6.45, 7) is 2.24. The molecule has 7 rings (SSSR count). The Labute approximate surface area is 191 Å². The zero-order valence-corrected chi connectivity index (χ0v) is 18.3. The maximum atomic E-state index is 4.65. The third-order valence-corrected chi connectivity index (χ3v) is 7.01. The van der Waals surface area contributed by atoms with E-state index in [-0.39, 0.29) is 5.41 Å². The number of allylic oxidation sites excluding steroid dienone is 4. The summed E-state index contributed by atoms with van der Waals surface area (Å²) in [7, 11) is 0. The minimum Gasteiger partial charge on any atom is -0.310 e. The summed E-state index contributed by atoms with van der Waals surface area (Å²) in [6, 6.07) is 27.8. The minimum absolute atomic E-state index is 0.232. The van der Waals surface area contributed by atoms with Gasteiger partial charge >= 0.3 is 0 Å². The Hall–Kier alpha value is -4.18. The quantitative estimate of drug-likeness (QED) is 0.307. The van der Waals surface area contributed by atoms with Crippen LogP contribution in [0.25, 0.3) is 43.9 Å². The molecule has 1 aliphatic carbocycles. The maximum Gasteiger partial charge on any atom is 0.168 e. The highest BCUT2D eigenvalue weighted by atomic mass is 15.3. The molecule has 0 N–H and O–H groups in total. The Morgan fingerprint density at radius 2 is 1.42 bits per heavy atom. The van der Waals surface area contributed by atoms with Gasteiger partial charge in [0.2, 0.25) is 0 Å². The molecule has 4 heteroatoms. The second kappa shape index (κ2) is 6.66. The molecular weight excluding hydrogens is 404 g/mol. The van der Waals surface area contributed by atoms with Gasteiger partial charge in [0.1, 0.15) is 5.82 Å². The van der Waals surface area contributed by atoms with Gasteiger partial charge in [-0.05, 0) is 43.0 Å². The summed E-state index contributed by atoms with van der Waals surface area (Å²) in [5.74, 6) is 0.969. The van der Waals surface area contributed by atoms with Gasteiger partial charge in [-0.2, -0.15) is 0 Å². The predicted octanol–water partition coefficient (Wildman–Crippen LogP) is 6.75. The second-order valence-electron chi connectivity index (χ2n) is 9.07. The van der Waals surface area contributed by atoms with Gasteiger partial charge in [0.25, 0.3) is 0 Å². The Morgan fingerprint density at radius 1 is 0.758 bits per heavy atom. The Bertz CT molecular complexity index is 1710. The second-order valence-corrected chi connectivity index (χ2v) is 9.07. The monoisotopic (exact) mass is 426 g/mol. The zero-order valence-electron chi connectivity index (χ0n) is 18.3. The van der Waals surface area contributed by atoms with E-state index in [2.05, 4.69) is 129 Å². The number of aromatic nitrogens is 4. The molecule has 0 fully saturated rings. The van der Waals surface area contributed by atoms with Crippen molar-refractivity contribution in [3.63, 3.8) is 0 Å². The molecule has 3 aromatic carbocycles. The molecule has 3 heterocycles. The number of benzene rings is 3. The standard InChI is InChI=1S/C29H22N4/c1-29(28-31-30-27-22-9-3-2-8-20(22)16-19-32(27)28)17-14-21(15-18-29)33-25-12-6-4-10-23(25)24-11-5-7-13-26(24)33/h2-17,19H,18H2,1H3. The summed E-state index contributed by atoms with van der Waals surface area (Å²) in [4.78, 5) is 0. The zero-order chi connectivity index (χ0) is 22.0. The predicted molar refractivity (Wildman–Crippen MR) is 135 cm³/mol. The van der Waals surface area contributed by atoms with Crippen molar-refractivity contribution in [3.8, 4) is 0 Å². The number of rotatable bonds is 2. The topological polar surface area (TPSA) is 35.1 Å². The minimum atomic E-state index is -0.232. The van der Waals surface area contributed by atoms with E-state index >= 15 is 0 Å². The first kappa shape index (κ1) is 18.4. The van der Waals surface area contributed by atoms with E-state index in [0.29, 0.717) is 0 Å². The molecule has 3 aromatic heterocycles. The Morgan fingerprint density at radius 3 is 2.12 bits per heavy atom. The van der Waals surface area contributed by atoms with Crippen LogP contribution in [0, 0.1) is 0 Å². The summed E-state index contributed by atoms with van der Waals surface area (Å²) in [6.07, 6.45) is 9.81. The highest BCUT2D eigenvalue weighted by molar-refractivity contribution is 6.10. The lowest BCUT2D eigenvalue weighted by Crippen LogP contribution is -2.24. The molecule has 1 atom stereocenters. The van der Waals surface area contributed by atoms with Crippen molar-refractivity contribution in [1.82, 2.24) is 19.2 Å². The van der Waals surface area contributed by atoms with Gasteiger partial charge < -0.3 is 4.57 Å². The number of nitrogens with zero attached hydrogens (tertiary/aromatic N) is 4. The van der Waals surface area contributed by atoms with Crippen LogP contribution in [0.2, 0.25) is 0 Å². The van der Waals surface area contributed by atoms with E-state index in [0.717, 1.165) is 23.3 Å². The molecule has 0 saturated carbocycles. The third-order valence-electron chi connectivity index (χ3n) is 7.01. The van der Waals surface area contributed by atoms with Gasteiger partial charge in [-0.25, -0.2) is 0 Å². The Kier molecular flexibility index (Phi) is 3.71. The SMILES string of the molecule is CC1(c2nnc3c4ccccc4ccn23)C=CC(n2c3ccccc3c3ccccc32)=CC1. The molecule has 1 aliphatic rings. The van der Waals surface area contributed by atoms with Crippen LogP contribution >= 0.6 is 0 Å². The molecule has 0 bridgehead atoms. The van der Waals surface area contributed by atoms with Crippen LogP contribution < -0.4 is 0 Å². The summed E-state index contributed by atoms with van der Waals surface area (Å²) in [5, 5.41) is 14.1. The average Bonchev–Trinajstić information content (AvgIpc) is 3.45. The molecule has 0 aliphatic heterocycles. The van der Waals surface area contributed by atoms with Crippen molar-refractivity contribution in [2.24, 2.45) is 0 Å². The van der Waals surface area contributed by atoms with Crippen LogP contribution in [0.1, 0.15) is 19.2 Å². The fourth-order valence-corrected chi connectivity index (χ4v) is 5.26. The number of pyridine rings is 1. The van der Waals surface area contributed by atoms with Gasteiger partial charge in [0, 0.05) is 33.5 Å². The molecule has 0 amide bonds. The molecule has 33 heavy (non-hydrogen) atoms. The van der Waals surface area contributed by atoms with Gasteiger partial charge in [-0.3, -0.25) is 4.40 Å². The average molecular weight is 427 g/mol. The van der Waals surface area contributed by atoms with E-state index in [4.69, 9.17) is 0 Å². The third kappa shape index (κ3) is 2.58. The van der Waals surface area contributed by atoms with Gasteiger partial charge in [-0.15, -0.1) is 10.2 Å². The largest absolute Gasteiger partial charge is 0.310 e. The lowest BCUT2D eigenvalue weighted by Gasteiger charge is -2.27. The summed E-state index contributed by atoms with van der Waals surface area (Å²) in [5.41, 5.74) is 4.35. The highest BCUT2D eigenvalue weighted by Crippen LogP contribution is 2.38. The van der Waals surface area contributed by atoms with Crippen LogP contribution in [0.5, 0.6) is 0 Å². The van der Waals surface area contributed by atoms with Crippen molar-refractivity contribution >= 4 is 43.9 Å². The molecule has 158 valence electrons. The van der Waals surface area contributed by atoms with Crippen molar-refractivity contribution in [1.29, 1.82) is 0 Å². The van der Waals surface area contributed by atoms with Crippen LogP contribution in [0.4, 0.5) is 0 Å². The molecule has 1 unspecified atom stereocenters. The number of para-hydroxylation sites is 2.